The maximum Gasteiger partial charge on any atom is 0.0629 e. The lowest BCUT2D eigenvalue weighted by molar-refractivity contribution is 0.658. The van der Waals surface area contributed by atoms with Gasteiger partial charge in [-0.05, 0) is 87.3 Å². The van der Waals surface area contributed by atoms with Crippen molar-refractivity contribution in [3.63, 3.8) is 0 Å². The Hall–Kier alpha value is -6.12. The summed E-state index contributed by atoms with van der Waals surface area (Å²) in [7, 11) is 0. The van der Waals surface area contributed by atoms with E-state index in [0.717, 1.165) is 6.42 Å². The minimum atomic E-state index is -0.00925. The summed E-state index contributed by atoms with van der Waals surface area (Å²) in [4.78, 5) is 2.52. The van der Waals surface area contributed by atoms with Crippen LogP contribution >= 0.6 is 0 Å². The van der Waals surface area contributed by atoms with Gasteiger partial charge in [0.05, 0.1) is 11.6 Å². The molecular weight excluding hydrogens is 641 g/mol. The van der Waals surface area contributed by atoms with Gasteiger partial charge in [-0.1, -0.05) is 153 Å². The summed E-state index contributed by atoms with van der Waals surface area (Å²) >= 11 is 0. The summed E-state index contributed by atoms with van der Waals surface area (Å²) in [6, 6.07) is 52.3. The van der Waals surface area contributed by atoms with Gasteiger partial charge in [-0.25, -0.2) is 0 Å². The number of allylic oxidation sites excluding steroid dienone is 2. The van der Waals surface area contributed by atoms with E-state index in [-0.39, 0.29) is 17.4 Å². The van der Waals surface area contributed by atoms with Crippen molar-refractivity contribution < 1.29 is 0 Å². The normalized spacial score (nSPS) is 19.9. The van der Waals surface area contributed by atoms with Crippen LogP contribution in [0.3, 0.4) is 0 Å². The first-order chi connectivity index (χ1) is 26.1. The first-order valence-corrected chi connectivity index (χ1v) is 19.0. The smallest absolute Gasteiger partial charge is 0.0629 e. The average molecular weight is 681 g/mol. The monoisotopic (exact) mass is 680 g/mol. The molecule has 2 heterocycles. The summed E-state index contributed by atoms with van der Waals surface area (Å²) < 4.78 is 2.49. The standard InChI is InChI=1S/C51H40N2/c1-51(2)44-21-11-9-18-39(44)40-27-24-34(31-45(40)51)33-26-29-47-43(30-33)41-28-25-35(32-49(41)53(47)37-16-7-4-8-17-37)38-20-13-23-48-50(38)42-19-10-12-22-46(42)52(48)36-14-5-3-6-15-36/h3-25,27-33,42,46H,26H2,1-2H3. The molecule has 4 aliphatic rings. The number of nitrogens with zero attached hydrogens (tertiary/aromatic N) is 2. The van der Waals surface area contributed by atoms with Crippen LogP contribution < -0.4 is 15.5 Å². The van der Waals surface area contributed by atoms with Gasteiger partial charge in [0.15, 0.2) is 0 Å². The van der Waals surface area contributed by atoms with Crippen LogP contribution in [0.15, 0.2) is 164 Å². The molecule has 2 nitrogen and oxygen atoms in total. The van der Waals surface area contributed by atoms with E-state index in [1.165, 1.54) is 83.0 Å². The van der Waals surface area contributed by atoms with Crippen molar-refractivity contribution in [3.05, 3.63) is 197 Å². The van der Waals surface area contributed by atoms with Gasteiger partial charge in [0.1, 0.15) is 0 Å². The second-order valence-corrected chi connectivity index (χ2v) is 15.6. The molecule has 0 N–H and O–H groups in total. The lowest BCUT2D eigenvalue weighted by Gasteiger charge is -2.28. The molecule has 3 aliphatic carbocycles. The van der Waals surface area contributed by atoms with E-state index in [9.17, 15) is 0 Å². The summed E-state index contributed by atoms with van der Waals surface area (Å²) in [5, 5.41) is 3.94. The summed E-state index contributed by atoms with van der Waals surface area (Å²) in [5.41, 5.74) is 16.0. The Morgan fingerprint density at radius 2 is 1.36 bits per heavy atom. The molecular formula is C51H40N2. The maximum atomic E-state index is 2.55. The van der Waals surface area contributed by atoms with Crippen molar-refractivity contribution in [2.75, 3.05) is 4.90 Å². The van der Waals surface area contributed by atoms with Gasteiger partial charge in [0.25, 0.3) is 0 Å². The van der Waals surface area contributed by atoms with Gasteiger partial charge in [-0.3, -0.25) is 0 Å². The molecule has 254 valence electrons. The van der Waals surface area contributed by atoms with Crippen molar-refractivity contribution >= 4 is 34.4 Å². The molecule has 0 saturated carbocycles. The number of hydrogen-bond acceptors (Lipinski definition) is 1. The van der Waals surface area contributed by atoms with Crippen molar-refractivity contribution in [3.8, 4) is 27.9 Å². The third-order valence-corrected chi connectivity index (χ3v) is 12.5. The third kappa shape index (κ3) is 4.45. The van der Waals surface area contributed by atoms with Crippen LogP contribution in [0.4, 0.5) is 11.4 Å². The Labute approximate surface area is 311 Å². The highest BCUT2D eigenvalue weighted by atomic mass is 15.2. The first kappa shape index (κ1) is 30.5. The van der Waals surface area contributed by atoms with E-state index in [1.54, 1.807) is 0 Å². The predicted molar refractivity (Wildman–Crippen MR) is 222 cm³/mol. The summed E-state index contributed by atoms with van der Waals surface area (Å²) in [6.45, 7) is 4.76. The predicted octanol–water partition coefficient (Wildman–Crippen LogP) is 11.1. The van der Waals surface area contributed by atoms with E-state index < -0.39 is 0 Å². The van der Waals surface area contributed by atoms with Gasteiger partial charge in [0, 0.05) is 50.3 Å². The summed E-state index contributed by atoms with van der Waals surface area (Å²) in [6.07, 6.45) is 15.2. The van der Waals surface area contributed by atoms with Gasteiger partial charge in [-0.15, -0.1) is 0 Å². The molecule has 0 fully saturated rings. The Bertz CT molecular complexity index is 2800. The summed E-state index contributed by atoms with van der Waals surface area (Å²) in [5.74, 6) is 0.593. The van der Waals surface area contributed by atoms with Crippen molar-refractivity contribution in [2.24, 2.45) is 0 Å². The minimum Gasteiger partial charge on any atom is -0.333 e. The van der Waals surface area contributed by atoms with Crippen molar-refractivity contribution in [1.82, 2.24) is 4.57 Å². The molecule has 3 unspecified atom stereocenters. The zero-order valence-corrected chi connectivity index (χ0v) is 30.1. The molecule has 0 saturated heterocycles. The topological polar surface area (TPSA) is 8.17 Å². The first-order valence-electron chi connectivity index (χ1n) is 19.0. The maximum absolute atomic E-state index is 2.55. The highest BCUT2D eigenvalue weighted by Gasteiger charge is 2.39. The molecule has 7 aromatic rings. The molecule has 0 radical (unpaired) electrons. The second-order valence-electron chi connectivity index (χ2n) is 15.6. The Kier molecular flexibility index (Phi) is 6.58. The number of aromatic nitrogens is 1. The SMILES string of the molecule is CC1(C)c2ccccc2-c2ccc(C3C=c4c(n(-c5ccccc5)c5cc(-c6cccc7c6C6C=CC=CC6N7c6ccccc6)ccc45)=CC3)cc21. The fraction of sp³-hybridized carbons (Fsp3) is 0.137. The molecule has 11 rings (SSSR count). The molecule has 1 aromatic heterocycles. The van der Waals surface area contributed by atoms with Crippen molar-refractivity contribution in [1.29, 1.82) is 0 Å². The van der Waals surface area contributed by atoms with E-state index >= 15 is 0 Å². The molecule has 6 aromatic carbocycles. The Morgan fingerprint density at radius 1 is 0.623 bits per heavy atom. The lowest BCUT2D eigenvalue weighted by atomic mass is 9.80. The average Bonchev–Trinajstić information content (AvgIpc) is 3.81. The Balaban J connectivity index is 1.07. The zero-order chi connectivity index (χ0) is 35.3. The van der Waals surface area contributed by atoms with Crippen LogP contribution in [-0.4, -0.2) is 10.6 Å². The van der Waals surface area contributed by atoms with Gasteiger partial charge in [-0.2, -0.15) is 0 Å². The zero-order valence-electron chi connectivity index (χ0n) is 30.1. The van der Waals surface area contributed by atoms with Gasteiger partial charge < -0.3 is 9.47 Å². The van der Waals surface area contributed by atoms with Crippen molar-refractivity contribution in [2.45, 2.75) is 43.6 Å². The van der Waals surface area contributed by atoms with Crippen LogP contribution in [0.5, 0.6) is 0 Å². The minimum absolute atomic E-state index is 0.00925. The van der Waals surface area contributed by atoms with E-state index in [2.05, 4.69) is 199 Å². The number of hydrogen-bond donors (Lipinski definition) is 0. The van der Waals surface area contributed by atoms with E-state index in [1.807, 2.05) is 0 Å². The molecule has 3 atom stereocenters. The fourth-order valence-electron chi connectivity index (χ4n) is 9.96. The van der Waals surface area contributed by atoms with Crippen LogP contribution in [0.2, 0.25) is 0 Å². The van der Waals surface area contributed by atoms with E-state index in [0.29, 0.717) is 5.92 Å². The van der Waals surface area contributed by atoms with E-state index in [4.69, 9.17) is 0 Å². The van der Waals surface area contributed by atoms with Crippen LogP contribution in [0.1, 0.15) is 54.4 Å². The highest BCUT2D eigenvalue weighted by molar-refractivity contribution is 5.92. The van der Waals surface area contributed by atoms with Gasteiger partial charge >= 0.3 is 0 Å². The number of benzene rings is 6. The Morgan fingerprint density at radius 3 is 2.21 bits per heavy atom. The molecule has 1 aliphatic heterocycles. The van der Waals surface area contributed by atoms with Crippen LogP contribution in [0, 0.1) is 0 Å². The largest absolute Gasteiger partial charge is 0.333 e. The van der Waals surface area contributed by atoms with Crippen LogP contribution in [0.25, 0.3) is 51.0 Å². The molecule has 53 heavy (non-hydrogen) atoms. The van der Waals surface area contributed by atoms with Crippen LogP contribution in [-0.2, 0) is 5.41 Å². The number of anilines is 2. The number of para-hydroxylation sites is 2. The third-order valence-electron chi connectivity index (χ3n) is 12.5. The molecule has 2 heteroatoms. The molecule has 0 spiro atoms. The molecule has 0 amide bonds. The molecule has 0 bridgehead atoms. The fourth-order valence-corrected chi connectivity index (χ4v) is 9.96. The number of rotatable bonds is 4. The number of fused-ring (bicyclic) bond motifs is 9. The lowest BCUT2D eigenvalue weighted by Crippen LogP contribution is -2.31. The quantitative estimate of drug-likeness (QED) is 0.180. The highest BCUT2D eigenvalue weighted by Crippen LogP contribution is 2.52. The second kappa shape index (κ2) is 11.4. The van der Waals surface area contributed by atoms with Gasteiger partial charge in [0.2, 0.25) is 0 Å².